The number of nitrogens with zero attached hydrogens (tertiary/aromatic N) is 3. The number of rotatable bonds is 5. The molecule has 0 aliphatic carbocycles. The van der Waals surface area contributed by atoms with Crippen LogP contribution < -0.4 is 10.2 Å². The zero-order chi connectivity index (χ0) is 21.3. The fraction of sp³-hybridized carbons (Fsp3) is 0.261. The van der Waals surface area contributed by atoms with Gasteiger partial charge in [0, 0.05) is 17.6 Å². The van der Waals surface area contributed by atoms with Crippen molar-refractivity contribution < 1.29 is 9.59 Å². The highest BCUT2D eigenvalue weighted by Crippen LogP contribution is 2.45. The molecule has 154 valence electrons. The SMILES string of the molecule is CCN1C(=O)C(C)(C(=O)Nc2cnn(Cc3ccc(C)cc3)c2)Sc2ccccc21. The van der Waals surface area contributed by atoms with Crippen LogP contribution in [0.15, 0.2) is 65.8 Å². The molecule has 1 N–H and O–H groups in total. The Kier molecular flexibility index (Phi) is 5.39. The smallest absolute Gasteiger partial charge is 0.252 e. The quantitative estimate of drug-likeness (QED) is 0.631. The van der Waals surface area contributed by atoms with E-state index in [0.29, 0.717) is 18.8 Å². The van der Waals surface area contributed by atoms with Crippen molar-refractivity contribution in [3.05, 3.63) is 72.1 Å². The summed E-state index contributed by atoms with van der Waals surface area (Å²) in [5.74, 6) is -0.557. The Morgan fingerprint density at radius 1 is 1.17 bits per heavy atom. The molecule has 1 aromatic heterocycles. The molecule has 2 heterocycles. The number of nitrogens with one attached hydrogen (secondary N) is 1. The van der Waals surface area contributed by atoms with E-state index in [2.05, 4.69) is 41.6 Å². The number of aryl methyl sites for hydroxylation is 1. The third-order valence-corrected chi connectivity index (χ3v) is 6.56. The molecule has 1 atom stereocenters. The van der Waals surface area contributed by atoms with Gasteiger partial charge in [-0.25, -0.2) is 0 Å². The van der Waals surface area contributed by atoms with E-state index < -0.39 is 4.75 Å². The number of para-hydroxylation sites is 1. The van der Waals surface area contributed by atoms with E-state index in [1.807, 2.05) is 31.2 Å². The van der Waals surface area contributed by atoms with Gasteiger partial charge in [-0.05, 0) is 38.5 Å². The zero-order valence-electron chi connectivity index (χ0n) is 17.3. The van der Waals surface area contributed by atoms with E-state index in [9.17, 15) is 9.59 Å². The highest BCUT2D eigenvalue weighted by molar-refractivity contribution is 8.02. The fourth-order valence-electron chi connectivity index (χ4n) is 3.50. The molecule has 4 rings (SSSR count). The normalized spacial score (nSPS) is 18.2. The van der Waals surface area contributed by atoms with E-state index in [4.69, 9.17) is 0 Å². The fourth-order valence-corrected chi connectivity index (χ4v) is 4.71. The number of anilines is 2. The molecule has 3 aromatic rings. The second kappa shape index (κ2) is 7.99. The van der Waals surface area contributed by atoms with Crippen molar-refractivity contribution >= 4 is 35.0 Å². The molecule has 1 unspecified atom stereocenters. The zero-order valence-corrected chi connectivity index (χ0v) is 18.1. The molecule has 0 spiro atoms. The van der Waals surface area contributed by atoms with Crippen LogP contribution in [0.2, 0.25) is 0 Å². The van der Waals surface area contributed by atoms with Gasteiger partial charge in [-0.3, -0.25) is 14.3 Å². The van der Waals surface area contributed by atoms with Gasteiger partial charge in [-0.1, -0.05) is 53.7 Å². The van der Waals surface area contributed by atoms with E-state index in [1.54, 1.807) is 28.9 Å². The van der Waals surface area contributed by atoms with E-state index >= 15 is 0 Å². The Morgan fingerprint density at radius 3 is 2.63 bits per heavy atom. The molecule has 2 aromatic carbocycles. The highest BCUT2D eigenvalue weighted by Gasteiger charge is 2.48. The summed E-state index contributed by atoms with van der Waals surface area (Å²) in [6.07, 6.45) is 3.39. The molecule has 30 heavy (non-hydrogen) atoms. The number of aromatic nitrogens is 2. The van der Waals surface area contributed by atoms with Gasteiger partial charge in [0.15, 0.2) is 4.75 Å². The lowest BCUT2D eigenvalue weighted by molar-refractivity contribution is -0.128. The molecule has 1 aliphatic rings. The summed E-state index contributed by atoms with van der Waals surface area (Å²) in [7, 11) is 0. The minimum Gasteiger partial charge on any atom is -0.322 e. The van der Waals surface area contributed by atoms with Crippen molar-refractivity contribution in [2.24, 2.45) is 0 Å². The summed E-state index contributed by atoms with van der Waals surface area (Å²) in [6, 6.07) is 15.9. The van der Waals surface area contributed by atoms with Crippen molar-refractivity contribution in [3.8, 4) is 0 Å². The molecule has 0 saturated carbocycles. The number of fused-ring (bicyclic) bond motifs is 1. The Balaban J connectivity index is 1.52. The van der Waals surface area contributed by atoms with Crippen molar-refractivity contribution in [3.63, 3.8) is 0 Å². The van der Waals surface area contributed by atoms with Crippen LogP contribution in [0.25, 0.3) is 0 Å². The number of carbonyl (C=O) groups is 2. The lowest BCUT2D eigenvalue weighted by Crippen LogP contribution is -2.54. The summed E-state index contributed by atoms with van der Waals surface area (Å²) in [5, 5.41) is 7.22. The van der Waals surface area contributed by atoms with Gasteiger partial charge in [-0.15, -0.1) is 0 Å². The standard InChI is InChI=1S/C23H24N4O2S/c1-4-27-19-7-5-6-8-20(19)30-23(3,22(27)29)21(28)25-18-13-24-26(15-18)14-17-11-9-16(2)10-12-17/h5-13,15H,4,14H2,1-3H3,(H,25,28). The van der Waals surface area contributed by atoms with E-state index in [0.717, 1.165) is 16.1 Å². The molecule has 0 bridgehead atoms. The number of amides is 2. The third kappa shape index (κ3) is 3.73. The first kappa shape index (κ1) is 20.2. The first-order valence-corrected chi connectivity index (χ1v) is 10.7. The van der Waals surface area contributed by atoms with Gasteiger partial charge < -0.3 is 10.2 Å². The number of carbonyl (C=O) groups excluding carboxylic acids is 2. The Labute approximate surface area is 180 Å². The van der Waals surface area contributed by atoms with Gasteiger partial charge in [-0.2, -0.15) is 5.10 Å². The second-order valence-corrected chi connectivity index (χ2v) is 8.98. The average Bonchev–Trinajstić information content (AvgIpc) is 3.17. The monoisotopic (exact) mass is 420 g/mol. The van der Waals surface area contributed by atoms with Crippen LogP contribution in [0.5, 0.6) is 0 Å². The maximum absolute atomic E-state index is 13.2. The molecule has 2 amide bonds. The number of hydrogen-bond acceptors (Lipinski definition) is 4. The Bertz CT molecular complexity index is 1090. The Morgan fingerprint density at radius 2 is 1.90 bits per heavy atom. The van der Waals surface area contributed by atoms with Gasteiger partial charge in [0.2, 0.25) is 5.91 Å². The van der Waals surface area contributed by atoms with Gasteiger partial charge in [0.05, 0.1) is 24.1 Å². The summed E-state index contributed by atoms with van der Waals surface area (Å²) in [6.45, 7) is 6.77. The van der Waals surface area contributed by atoms with Crippen LogP contribution in [-0.2, 0) is 16.1 Å². The maximum Gasteiger partial charge on any atom is 0.252 e. The van der Waals surface area contributed by atoms with Crippen LogP contribution in [0.1, 0.15) is 25.0 Å². The van der Waals surface area contributed by atoms with Crippen LogP contribution in [0.3, 0.4) is 0 Å². The first-order chi connectivity index (χ1) is 14.4. The third-order valence-electron chi connectivity index (χ3n) is 5.23. The van der Waals surface area contributed by atoms with Crippen molar-refractivity contribution in [1.29, 1.82) is 0 Å². The summed E-state index contributed by atoms with van der Waals surface area (Å²) >= 11 is 1.29. The first-order valence-electron chi connectivity index (χ1n) is 9.90. The number of hydrogen-bond donors (Lipinski definition) is 1. The highest BCUT2D eigenvalue weighted by atomic mass is 32.2. The predicted molar refractivity (Wildman–Crippen MR) is 120 cm³/mol. The number of thioether (sulfide) groups is 1. The molecule has 0 radical (unpaired) electrons. The van der Waals surface area contributed by atoms with Crippen LogP contribution in [0, 0.1) is 6.92 Å². The lowest BCUT2D eigenvalue weighted by Gasteiger charge is -2.38. The largest absolute Gasteiger partial charge is 0.322 e. The van der Waals surface area contributed by atoms with Crippen LogP contribution >= 0.6 is 11.8 Å². The molecule has 6 nitrogen and oxygen atoms in total. The topological polar surface area (TPSA) is 67.2 Å². The average molecular weight is 421 g/mol. The minimum absolute atomic E-state index is 0.210. The Hall–Kier alpha value is -3.06. The maximum atomic E-state index is 13.2. The van der Waals surface area contributed by atoms with E-state index in [1.165, 1.54) is 17.3 Å². The summed E-state index contributed by atoms with van der Waals surface area (Å²) < 4.78 is 0.523. The van der Waals surface area contributed by atoms with E-state index in [-0.39, 0.29) is 11.8 Å². The molecule has 0 fully saturated rings. The molecule has 7 heteroatoms. The molecular weight excluding hydrogens is 396 g/mol. The molecular formula is C23H24N4O2S. The molecule has 0 saturated heterocycles. The van der Waals surface area contributed by atoms with Gasteiger partial charge in [0.25, 0.3) is 5.91 Å². The van der Waals surface area contributed by atoms with Crippen molar-refractivity contribution in [2.75, 3.05) is 16.8 Å². The van der Waals surface area contributed by atoms with Gasteiger partial charge >= 0.3 is 0 Å². The summed E-state index contributed by atoms with van der Waals surface area (Å²) in [4.78, 5) is 28.9. The predicted octanol–water partition coefficient (Wildman–Crippen LogP) is 4.10. The molecule has 1 aliphatic heterocycles. The minimum atomic E-state index is -1.25. The number of benzene rings is 2. The van der Waals surface area contributed by atoms with Crippen molar-refractivity contribution in [2.45, 2.75) is 37.0 Å². The van der Waals surface area contributed by atoms with Crippen LogP contribution in [-0.4, -0.2) is 32.9 Å². The summed E-state index contributed by atoms with van der Waals surface area (Å²) in [5.41, 5.74) is 3.76. The van der Waals surface area contributed by atoms with Crippen LogP contribution in [0.4, 0.5) is 11.4 Å². The second-order valence-electron chi connectivity index (χ2n) is 7.52. The lowest BCUT2D eigenvalue weighted by atomic mass is 10.1. The van der Waals surface area contributed by atoms with Crippen molar-refractivity contribution in [1.82, 2.24) is 9.78 Å². The van der Waals surface area contributed by atoms with Gasteiger partial charge in [0.1, 0.15) is 0 Å².